The highest BCUT2D eigenvalue weighted by Crippen LogP contribution is 2.43. The molecule has 4 heteroatoms. The standard InChI is InChI=1S/C53H36N4/c1-5-18-37(19-6-1)48-35-43(36-49(54-48)38-20-7-2-8-21-38)57-51-31-16-14-29-45(51)47-33-32-46-44-28-13-15-30-50(44)56(52(46)53(47)57)42-27-17-26-41(34-42)55(39-22-9-3-10-23-39)40-24-11-4-12-25-40/h1-36H. The summed E-state index contributed by atoms with van der Waals surface area (Å²) in [5.74, 6) is 0. The van der Waals surface area contributed by atoms with E-state index in [0.717, 1.165) is 73.0 Å². The van der Waals surface area contributed by atoms with Crippen molar-refractivity contribution in [3.8, 4) is 33.9 Å². The number of aromatic nitrogens is 3. The van der Waals surface area contributed by atoms with E-state index in [0.29, 0.717) is 0 Å². The first-order chi connectivity index (χ1) is 28.3. The molecule has 0 aliphatic rings. The second kappa shape index (κ2) is 13.6. The third-order valence-electron chi connectivity index (χ3n) is 11.1. The molecule has 0 aliphatic carbocycles. The fourth-order valence-corrected chi connectivity index (χ4v) is 8.57. The maximum Gasteiger partial charge on any atom is 0.0788 e. The van der Waals surface area contributed by atoms with Gasteiger partial charge in [-0.05, 0) is 66.7 Å². The average Bonchev–Trinajstić information content (AvgIpc) is 3.81. The molecule has 0 radical (unpaired) electrons. The van der Waals surface area contributed by atoms with Crippen LogP contribution >= 0.6 is 0 Å². The van der Waals surface area contributed by atoms with Crippen LogP contribution in [-0.2, 0) is 0 Å². The van der Waals surface area contributed by atoms with Crippen molar-refractivity contribution in [1.29, 1.82) is 0 Å². The zero-order chi connectivity index (χ0) is 37.7. The van der Waals surface area contributed by atoms with E-state index in [1.165, 1.54) is 21.5 Å². The lowest BCUT2D eigenvalue weighted by Crippen LogP contribution is -2.10. The van der Waals surface area contributed by atoms with Crippen molar-refractivity contribution >= 4 is 60.7 Å². The number of nitrogens with zero attached hydrogens (tertiary/aromatic N) is 4. The average molecular weight is 729 g/mol. The molecule has 0 N–H and O–H groups in total. The number of rotatable bonds is 7. The smallest absolute Gasteiger partial charge is 0.0788 e. The van der Waals surface area contributed by atoms with Gasteiger partial charge in [-0.1, -0.05) is 152 Å². The van der Waals surface area contributed by atoms with Gasteiger partial charge < -0.3 is 14.0 Å². The molecule has 8 aromatic carbocycles. The Balaban J connectivity index is 1.24. The van der Waals surface area contributed by atoms with Crippen LogP contribution in [0.2, 0.25) is 0 Å². The number of para-hydroxylation sites is 4. The van der Waals surface area contributed by atoms with Gasteiger partial charge >= 0.3 is 0 Å². The summed E-state index contributed by atoms with van der Waals surface area (Å²) < 4.78 is 4.94. The van der Waals surface area contributed by atoms with E-state index in [4.69, 9.17) is 4.98 Å². The lowest BCUT2D eigenvalue weighted by molar-refractivity contribution is 1.14. The summed E-state index contributed by atoms with van der Waals surface area (Å²) in [4.78, 5) is 7.59. The molecule has 0 fully saturated rings. The van der Waals surface area contributed by atoms with Crippen molar-refractivity contribution in [3.63, 3.8) is 0 Å². The third kappa shape index (κ3) is 5.50. The largest absolute Gasteiger partial charge is 0.310 e. The number of benzene rings is 8. The van der Waals surface area contributed by atoms with Gasteiger partial charge in [0.05, 0.1) is 39.1 Å². The number of hydrogen-bond acceptors (Lipinski definition) is 2. The Morgan fingerprint density at radius 1 is 0.316 bits per heavy atom. The Labute approximate surface area is 330 Å². The zero-order valence-electron chi connectivity index (χ0n) is 31.1. The first-order valence-electron chi connectivity index (χ1n) is 19.4. The van der Waals surface area contributed by atoms with Crippen molar-refractivity contribution < 1.29 is 0 Å². The van der Waals surface area contributed by atoms with E-state index in [-0.39, 0.29) is 0 Å². The summed E-state index contributed by atoms with van der Waals surface area (Å²) in [7, 11) is 0. The van der Waals surface area contributed by atoms with Crippen molar-refractivity contribution in [2.24, 2.45) is 0 Å². The van der Waals surface area contributed by atoms with Crippen LogP contribution < -0.4 is 4.90 Å². The lowest BCUT2D eigenvalue weighted by Gasteiger charge is -2.26. The van der Waals surface area contributed by atoms with E-state index >= 15 is 0 Å². The Kier molecular flexibility index (Phi) is 7.78. The first-order valence-corrected chi connectivity index (χ1v) is 19.4. The van der Waals surface area contributed by atoms with Crippen molar-refractivity contribution in [2.45, 2.75) is 0 Å². The van der Waals surface area contributed by atoms with Crippen LogP contribution in [0.3, 0.4) is 0 Å². The molecular formula is C53H36N4. The fraction of sp³-hybridized carbons (Fsp3) is 0. The van der Waals surface area contributed by atoms with Crippen LogP contribution in [0.5, 0.6) is 0 Å². The number of fused-ring (bicyclic) bond motifs is 7. The topological polar surface area (TPSA) is 26.0 Å². The van der Waals surface area contributed by atoms with Crippen LogP contribution in [0.15, 0.2) is 218 Å². The van der Waals surface area contributed by atoms with Crippen molar-refractivity contribution in [3.05, 3.63) is 218 Å². The molecule has 0 saturated carbocycles. The molecule has 11 aromatic rings. The molecule has 0 bridgehead atoms. The minimum atomic E-state index is 0.931. The van der Waals surface area contributed by atoms with Gasteiger partial charge in [0.1, 0.15) is 0 Å². The zero-order valence-corrected chi connectivity index (χ0v) is 31.1. The molecule has 0 atom stereocenters. The van der Waals surface area contributed by atoms with Gasteiger partial charge in [-0.2, -0.15) is 0 Å². The summed E-state index contributed by atoms with van der Waals surface area (Å²) in [6.07, 6.45) is 0. The Bertz CT molecular complexity index is 3120. The minimum absolute atomic E-state index is 0.931. The van der Waals surface area contributed by atoms with Crippen LogP contribution in [0.4, 0.5) is 17.1 Å². The van der Waals surface area contributed by atoms with Crippen molar-refractivity contribution in [1.82, 2.24) is 14.1 Å². The summed E-state index contributed by atoms with van der Waals surface area (Å²) in [6.45, 7) is 0. The molecule has 0 spiro atoms. The minimum Gasteiger partial charge on any atom is -0.310 e. The molecule has 11 rings (SSSR count). The molecule has 0 amide bonds. The predicted molar refractivity (Wildman–Crippen MR) is 238 cm³/mol. The summed E-state index contributed by atoms with van der Waals surface area (Å²) >= 11 is 0. The summed E-state index contributed by atoms with van der Waals surface area (Å²) in [6, 6.07) is 77.9. The lowest BCUT2D eigenvalue weighted by atomic mass is 10.1. The van der Waals surface area contributed by atoms with Crippen LogP contribution in [0.1, 0.15) is 0 Å². The van der Waals surface area contributed by atoms with Crippen LogP contribution in [0, 0.1) is 0 Å². The Hall–Kier alpha value is -7.69. The van der Waals surface area contributed by atoms with E-state index in [1.54, 1.807) is 0 Å². The molecule has 4 nitrogen and oxygen atoms in total. The molecule has 3 heterocycles. The number of hydrogen-bond donors (Lipinski definition) is 0. The highest BCUT2D eigenvalue weighted by Gasteiger charge is 2.23. The van der Waals surface area contributed by atoms with Gasteiger partial charge in [0.2, 0.25) is 0 Å². The quantitative estimate of drug-likeness (QED) is 0.163. The van der Waals surface area contributed by atoms with E-state index < -0.39 is 0 Å². The number of pyridine rings is 1. The molecular weight excluding hydrogens is 693 g/mol. The SMILES string of the molecule is c1ccc(-c2cc(-n3c4ccccc4c4ccc5c6ccccc6n(-c6cccc(N(c7ccccc7)c7ccccc7)c6)c5c43)cc(-c3ccccc3)n2)cc1. The first kappa shape index (κ1) is 32.7. The van der Waals surface area contributed by atoms with Gasteiger partial charge in [0.15, 0.2) is 0 Å². The Morgan fingerprint density at radius 3 is 1.25 bits per heavy atom. The summed E-state index contributed by atoms with van der Waals surface area (Å²) in [5, 5.41) is 4.83. The molecule has 3 aromatic heterocycles. The maximum absolute atomic E-state index is 5.26. The van der Waals surface area contributed by atoms with Gasteiger partial charge in [-0.15, -0.1) is 0 Å². The monoisotopic (exact) mass is 728 g/mol. The normalized spacial score (nSPS) is 11.5. The van der Waals surface area contributed by atoms with Gasteiger partial charge in [-0.3, -0.25) is 0 Å². The van der Waals surface area contributed by atoms with Crippen LogP contribution in [-0.4, -0.2) is 14.1 Å². The maximum atomic E-state index is 5.26. The van der Waals surface area contributed by atoms with Gasteiger partial charge in [0.25, 0.3) is 0 Å². The number of anilines is 3. The second-order valence-corrected chi connectivity index (χ2v) is 14.4. The third-order valence-corrected chi connectivity index (χ3v) is 11.1. The predicted octanol–water partition coefficient (Wildman–Crippen LogP) is 14.1. The second-order valence-electron chi connectivity index (χ2n) is 14.4. The van der Waals surface area contributed by atoms with Gasteiger partial charge in [-0.25, -0.2) is 4.98 Å². The van der Waals surface area contributed by atoms with Crippen molar-refractivity contribution in [2.75, 3.05) is 4.90 Å². The Morgan fingerprint density at radius 2 is 0.737 bits per heavy atom. The molecule has 0 saturated heterocycles. The highest BCUT2D eigenvalue weighted by molar-refractivity contribution is 6.23. The van der Waals surface area contributed by atoms with E-state index in [9.17, 15) is 0 Å². The van der Waals surface area contributed by atoms with Crippen LogP contribution in [0.25, 0.3) is 77.5 Å². The fourth-order valence-electron chi connectivity index (χ4n) is 8.57. The highest BCUT2D eigenvalue weighted by atomic mass is 15.1. The molecule has 0 unspecified atom stereocenters. The van der Waals surface area contributed by atoms with E-state index in [2.05, 4.69) is 232 Å². The van der Waals surface area contributed by atoms with Gasteiger partial charge in [0, 0.05) is 55.4 Å². The van der Waals surface area contributed by atoms with E-state index in [1.807, 2.05) is 0 Å². The summed E-state index contributed by atoms with van der Waals surface area (Å²) in [5.41, 5.74) is 14.1. The molecule has 268 valence electrons. The molecule has 57 heavy (non-hydrogen) atoms. The molecule has 0 aliphatic heterocycles.